The van der Waals surface area contributed by atoms with Crippen LogP contribution < -0.4 is 0 Å². The average molecular weight is 387 g/mol. The number of nitrogens with zero attached hydrogens (tertiary/aromatic N) is 3. The van der Waals surface area contributed by atoms with Crippen molar-refractivity contribution in [2.75, 3.05) is 33.2 Å². The van der Waals surface area contributed by atoms with Gasteiger partial charge in [-0.05, 0) is 56.8 Å². The molecule has 1 spiro atoms. The quantitative estimate of drug-likeness (QED) is 0.780. The highest BCUT2D eigenvalue weighted by Crippen LogP contribution is 2.42. The third kappa shape index (κ3) is 4.37. The highest BCUT2D eigenvalue weighted by molar-refractivity contribution is 5.79. The summed E-state index contributed by atoms with van der Waals surface area (Å²) in [5.41, 5.74) is 1.08. The SMILES string of the molecule is CN(CC(=O)N1CCC[C@@]2(CCC(=O)N(C3CC3)C2)C1)Cc1ccc(F)cc1. The highest BCUT2D eigenvalue weighted by atomic mass is 19.1. The second-order valence-corrected chi connectivity index (χ2v) is 8.97. The molecule has 3 aliphatic rings. The van der Waals surface area contributed by atoms with Gasteiger partial charge in [0.05, 0.1) is 6.54 Å². The second-order valence-electron chi connectivity index (χ2n) is 8.97. The molecule has 1 atom stereocenters. The molecule has 6 heteroatoms. The van der Waals surface area contributed by atoms with Crippen LogP contribution in [-0.4, -0.2) is 65.8 Å². The lowest BCUT2D eigenvalue weighted by molar-refractivity contribution is -0.144. The van der Waals surface area contributed by atoms with E-state index in [0.29, 0.717) is 31.5 Å². The van der Waals surface area contributed by atoms with Gasteiger partial charge in [-0.25, -0.2) is 4.39 Å². The molecule has 2 heterocycles. The number of carbonyl (C=O) groups is 2. The van der Waals surface area contributed by atoms with Crippen LogP contribution in [0, 0.1) is 11.2 Å². The lowest BCUT2D eigenvalue weighted by Crippen LogP contribution is -2.56. The van der Waals surface area contributed by atoms with Gasteiger partial charge in [-0.15, -0.1) is 0 Å². The number of piperidine rings is 2. The van der Waals surface area contributed by atoms with E-state index in [4.69, 9.17) is 0 Å². The zero-order chi connectivity index (χ0) is 19.7. The number of hydrogen-bond acceptors (Lipinski definition) is 3. The molecule has 1 saturated carbocycles. The number of likely N-dealkylation sites (tertiary alicyclic amines) is 2. The predicted molar refractivity (Wildman–Crippen MR) is 105 cm³/mol. The van der Waals surface area contributed by atoms with Gasteiger partial charge in [-0.1, -0.05) is 12.1 Å². The fourth-order valence-corrected chi connectivity index (χ4v) is 4.81. The first-order valence-corrected chi connectivity index (χ1v) is 10.4. The molecule has 0 radical (unpaired) electrons. The lowest BCUT2D eigenvalue weighted by Gasteiger charge is -2.48. The maximum absolute atomic E-state index is 13.1. The summed E-state index contributed by atoms with van der Waals surface area (Å²) in [7, 11) is 1.93. The average Bonchev–Trinajstić information content (AvgIpc) is 3.51. The van der Waals surface area contributed by atoms with E-state index in [1.807, 2.05) is 16.8 Å². The van der Waals surface area contributed by atoms with Crippen molar-refractivity contribution in [3.05, 3.63) is 35.6 Å². The van der Waals surface area contributed by atoms with E-state index < -0.39 is 0 Å². The van der Waals surface area contributed by atoms with Crippen molar-refractivity contribution in [2.24, 2.45) is 5.41 Å². The van der Waals surface area contributed by atoms with Crippen LogP contribution in [0.1, 0.15) is 44.1 Å². The third-order valence-corrected chi connectivity index (χ3v) is 6.47. The maximum atomic E-state index is 13.1. The fraction of sp³-hybridized carbons (Fsp3) is 0.636. The number of hydrogen-bond donors (Lipinski definition) is 0. The molecule has 2 aliphatic heterocycles. The van der Waals surface area contributed by atoms with Gasteiger partial charge in [0.15, 0.2) is 0 Å². The van der Waals surface area contributed by atoms with E-state index in [1.165, 1.54) is 12.1 Å². The Morgan fingerprint density at radius 2 is 1.96 bits per heavy atom. The van der Waals surface area contributed by atoms with Crippen LogP contribution in [-0.2, 0) is 16.1 Å². The Balaban J connectivity index is 1.34. The lowest BCUT2D eigenvalue weighted by atomic mass is 9.73. The third-order valence-electron chi connectivity index (χ3n) is 6.47. The number of halogens is 1. The first-order valence-electron chi connectivity index (χ1n) is 10.4. The molecule has 0 unspecified atom stereocenters. The minimum absolute atomic E-state index is 0.0833. The molecule has 0 aromatic heterocycles. The van der Waals surface area contributed by atoms with Gasteiger partial charge in [0.1, 0.15) is 5.82 Å². The van der Waals surface area contributed by atoms with Crippen LogP contribution in [0.5, 0.6) is 0 Å². The summed E-state index contributed by atoms with van der Waals surface area (Å²) in [6.45, 7) is 3.38. The molecule has 28 heavy (non-hydrogen) atoms. The molecule has 0 N–H and O–H groups in total. The molecule has 4 rings (SSSR count). The zero-order valence-corrected chi connectivity index (χ0v) is 16.7. The van der Waals surface area contributed by atoms with Crippen molar-refractivity contribution in [3.8, 4) is 0 Å². The summed E-state index contributed by atoms with van der Waals surface area (Å²) >= 11 is 0. The van der Waals surface area contributed by atoms with Crippen molar-refractivity contribution in [1.82, 2.24) is 14.7 Å². The van der Waals surface area contributed by atoms with E-state index in [9.17, 15) is 14.0 Å². The number of carbonyl (C=O) groups excluding carboxylic acids is 2. The molecular formula is C22H30FN3O2. The van der Waals surface area contributed by atoms with E-state index in [-0.39, 0.29) is 17.1 Å². The van der Waals surface area contributed by atoms with E-state index in [0.717, 1.165) is 57.3 Å². The number of benzene rings is 1. The Kier molecular flexibility index (Phi) is 5.41. The summed E-state index contributed by atoms with van der Waals surface area (Å²) in [6, 6.07) is 6.89. The van der Waals surface area contributed by atoms with Crippen molar-refractivity contribution in [2.45, 2.75) is 51.1 Å². The predicted octanol–water partition coefficient (Wildman–Crippen LogP) is 2.65. The monoisotopic (exact) mass is 387 g/mol. The van der Waals surface area contributed by atoms with E-state index >= 15 is 0 Å². The van der Waals surface area contributed by atoms with Gasteiger partial charge in [0.25, 0.3) is 0 Å². The number of rotatable bonds is 5. The Bertz CT molecular complexity index is 734. The van der Waals surface area contributed by atoms with Crippen LogP contribution in [0.4, 0.5) is 4.39 Å². The molecule has 152 valence electrons. The van der Waals surface area contributed by atoms with Gasteiger partial charge < -0.3 is 9.80 Å². The largest absolute Gasteiger partial charge is 0.341 e. The van der Waals surface area contributed by atoms with Crippen LogP contribution in [0.3, 0.4) is 0 Å². The molecule has 1 aromatic rings. The fourth-order valence-electron chi connectivity index (χ4n) is 4.81. The van der Waals surface area contributed by atoms with Gasteiger partial charge in [-0.2, -0.15) is 0 Å². The molecule has 2 amide bonds. The summed E-state index contributed by atoms with van der Waals surface area (Å²) in [5, 5.41) is 0. The highest BCUT2D eigenvalue weighted by Gasteiger charge is 2.46. The van der Waals surface area contributed by atoms with Crippen molar-refractivity contribution in [1.29, 1.82) is 0 Å². The second kappa shape index (κ2) is 7.82. The molecule has 3 fully saturated rings. The van der Waals surface area contributed by atoms with Crippen molar-refractivity contribution >= 4 is 11.8 Å². The van der Waals surface area contributed by atoms with Gasteiger partial charge in [0.2, 0.25) is 11.8 Å². The summed E-state index contributed by atoms with van der Waals surface area (Å²) in [4.78, 5) is 31.3. The van der Waals surface area contributed by atoms with E-state index in [2.05, 4.69) is 4.90 Å². The Labute approximate surface area is 166 Å². The maximum Gasteiger partial charge on any atom is 0.236 e. The molecule has 5 nitrogen and oxygen atoms in total. The van der Waals surface area contributed by atoms with Crippen LogP contribution in [0.25, 0.3) is 0 Å². The zero-order valence-electron chi connectivity index (χ0n) is 16.7. The first-order chi connectivity index (χ1) is 13.4. The minimum atomic E-state index is -0.243. The summed E-state index contributed by atoms with van der Waals surface area (Å²) < 4.78 is 13.1. The minimum Gasteiger partial charge on any atom is -0.341 e. The summed E-state index contributed by atoms with van der Waals surface area (Å²) in [5.74, 6) is 0.210. The molecule has 1 aromatic carbocycles. The van der Waals surface area contributed by atoms with Gasteiger partial charge >= 0.3 is 0 Å². The Hall–Kier alpha value is -1.95. The van der Waals surface area contributed by atoms with Crippen molar-refractivity contribution < 1.29 is 14.0 Å². The standard InChI is InChI=1S/C22H30FN3O2/c1-24(13-17-3-5-18(23)6-4-17)14-21(28)25-12-2-10-22(15-25)11-9-20(27)26(16-22)19-7-8-19/h3-6,19H,2,7-16H2,1H3/t22-/m1/s1. The smallest absolute Gasteiger partial charge is 0.236 e. The molecule has 2 saturated heterocycles. The topological polar surface area (TPSA) is 43.9 Å². The van der Waals surface area contributed by atoms with Crippen LogP contribution >= 0.6 is 0 Å². The Morgan fingerprint density at radius 3 is 2.68 bits per heavy atom. The van der Waals surface area contributed by atoms with Crippen LogP contribution in [0.2, 0.25) is 0 Å². The molecule has 0 bridgehead atoms. The Morgan fingerprint density at radius 1 is 1.21 bits per heavy atom. The van der Waals surface area contributed by atoms with Gasteiger partial charge in [-0.3, -0.25) is 14.5 Å². The van der Waals surface area contributed by atoms with Gasteiger partial charge in [0, 0.05) is 44.1 Å². The van der Waals surface area contributed by atoms with E-state index in [1.54, 1.807) is 12.1 Å². The van der Waals surface area contributed by atoms with Crippen molar-refractivity contribution in [3.63, 3.8) is 0 Å². The molecule has 1 aliphatic carbocycles. The number of amides is 2. The first kappa shape index (κ1) is 19.4. The normalized spacial score (nSPS) is 25.6. The molecular weight excluding hydrogens is 357 g/mol. The number of likely N-dealkylation sites (N-methyl/N-ethyl adjacent to an activating group) is 1. The summed E-state index contributed by atoms with van der Waals surface area (Å²) in [6.07, 6.45) is 5.93. The van der Waals surface area contributed by atoms with Crippen LogP contribution in [0.15, 0.2) is 24.3 Å².